The number of carbonyl (C=O) groups is 2. The molecule has 0 saturated carbocycles. The Labute approximate surface area is 149 Å². The average Bonchev–Trinajstić information content (AvgIpc) is 2.52. The Balaban J connectivity index is 1.78. The molecule has 0 spiro atoms. The predicted molar refractivity (Wildman–Crippen MR) is 95.1 cm³/mol. The molecule has 0 aromatic heterocycles. The number of carbonyl (C=O) groups excluding carboxylic acids is 2. The highest BCUT2D eigenvalue weighted by Gasteiger charge is 2.34. The quantitative estimate of drug-likeness (QED) is 0.761. The van der Waals surface area contributed by atoms with Crippen LogP contribution in [0.3, 0.4) is 0 Å². The van der Waals surface area contributed by atoms with E-state index < -0.39 is 17.3 Å². The highest BCUT2D eigenvalue weighted by atomic mass is 16.6. The van der Waals surface area contributed by atoms with Gasteiger partial charge in [-0.25, -0.2) is 4.79 Å². The number of benzene rings is 1. The number of ether oxygens (including phenoxy) is 1. The third kappa shape index (κ3) is 5.74. The summed E-state index contributed by atoms with van der Waals surface area (Å²) in [4.78, 5) is 23.5. The lowest BCUT2D eigenvalue weighted by Gasteiger charge is -2.34. The second-order valence-electron chi connectivity index (χ2n) is 7.50. The number of rotatable bonds is 5. The Morgan fingerprint density at radius 1 is 1.24 bits per heavy atom. The Bertz CT molecular complexity index is 624. The number of nitrogens with one attached hydrogen (secondary N) is 2. The number of alkyl carbamates (subject to hydrolysis) is 1. The standard InChI is InChI=1S/C19H28N2O4/c1-18(2,3)25-17(23)20-12-10-16(22)21-13-19(24)11-6-8-14-7-4-5-9-15(14)19/h4-5,7,9,24H,6,8,10-13H2,1-3H3,(H,20,23)(H,21,22)/t19-/m1/s1. The van der Waals surface area contributed by atoms with Gasteiger partial charge in [-0.2, -0.15) is 0 Å². The molecule has 1 aromatic carbocycles. The van der Waals surface area contributed by atoms with Crippen LogP contribution in [0.15, 0.2) is 24.3 Å². The molecule has 0 heterocycles. The zero-order valence-electron chi connectivity index (χ0n) is 15.2. The van der Waals surface area contributed by atoms with E-state index in [-0.39, 0.29) is 25.4 Å². The number of fused-ring (bicyclic) bond motifs is 1. The number of aryl methyl sites for hydroxylation is 1. The van der Waals surface area contributed by atoms with Crippen molar-refractivity contribution in [2.45, 2.75) is 57.7 Å². The van der Waals surface area contributed by atoms with Gasteiger partial charge in [-0.3, -0.25) is 4.79 Å². The first-order valence-corrected chi connectivity index (χ1v) is 8.74. The fourth-order valence-corrected chi connectivity index (χ4v) is 3.01. The van der Waals surface area contributed by atoms with Crippen molar-refractivity contribution in [3.8, 4) is 0 Å². The average molecular weight is 348 g/mol. The number of hydrogen-bond donors (Lipinski definition) is 3. The van der Waals surface area contributed by atoms with Crippen molar-refractivity contribution in [3.05, 3.63) is 35.4 Å². The Kier molecular flexibility index (Phi) is 6.06. The van der Waals surface area contributed by atoms with Gasteiger partial charge in [-0.15, -0.1) is 0 Å². The molecule has 0 saturated heterocycles. The summed E-state index contributed by atoms with van der Waals surface area (Å²) in [5, 5.41) is 16.2. The maximum absolute atomic E-state index is 12.0. The van der Waals surface area contributed by atoms with E-state index in [1.54, 1.807) is 20.8 Å². The van der Waals surface area contributed by atoms with E-state index >= 15 is 0 Å². The fourth-order valence-electron chi connectivity index (χ4n) is 3.01. The normalized spacial score (nSPS) is 19.7. The summed E-state index contributed by atoms with van der Waals surface area (Å²) in [6, 6.07) is 7.81. The van der Waals surface area contributed by atoms with Crippen LogP contribution < -0.4 is 10.6 Å². The van der Waals surface area contributed by atoms with Crippen LogP contribution in [0.2, 0.25) is 0 Å². The van der Waals surface area contributed by atoms with Crippen molar-refractivity contribution in [1.29, 1.82) is 0 Å². The molecule has 138 valence electrons. The van der Waals surface area contributed by atoms with Gasteiger partial charge in [-0.05, 0) is 51.2 Å². The van der Waals surface area contributed by atoms with E-state index in [2.05, 4.69) is 10.6 Å². The minimum absolute atomic E-state index is 0.136. The lowest BCUT2D eigenvalue weighted by molar-refractivity contribution is -0.122. The monoisotopic (exact) mass is 348 g/mol. The molecule has 0 radical (unpaired) electrons. The van der Waals surface area contributed by atoms with E-state index in [1.165, 1.54) is 0 Å². The molecule has 1 aromatic rings. The largest absolute Gasteiger partial charge is 0.444 e. The second kappa shape index (κ2) is 7.87. The first-order chi connectivity index (χ1) is 11.7. The van der Waals surface area contributed by atoms with Gasteiger partial charge in [-0.1, -0.05) is 24.3 Å². The van der Waals surface area contributed by atoms with Gasteiger partial charge in [0.25, 0.3) is 0 Å². The van der Waals surface area contributed by atoms with Crippen molar-refractivity contribution < 1.29 is 19.4 Å². The van der Waals surface area contributed by atoms with Crippen LogP contribution in [0.4, 0.5) is 4.79 Å². The summed E-state index contributed by atoms with van der Waals surface area (Å²) < 4.78 is 5.11. The summed E-state index contributed by atoms with van der Waals surface area (Å²) in [5.74, 6) is -0.215. The topological polar surface area (TPSA) is 87.7 Å². The Morgan fingerprint density at radius 3 is 2.68 bits per heavy atom. The lowest BCUT2D eigenvalue weighted by Crippen LogP contribution is -2.43. The zero-order chi connectivity index (χ0) is 18.5. The summed E-state index contributed by atoms with van der Waals surface area (Å²) in [6.07, 6.45) is 2.06. The highest BCUT2D eigenvalue weighted by molar-refractivity contribution is 5.77. The highest BCUT2D eigenvalue weighted by Crippen LogP contribution is 2.34. The Morgan fingerprint density at radius 2 is 1.96 bits per heavy atom. The number of amides is 2. The van der Waals surface area contributed by atoms with E-state index in [0.717, 1.165) is 24.0 Å². The molecule has 0 aliphatic heterocycles. The molecule has 0 fully saturated rings. The first-order valence-electron chi connectivity index (χ1n) is 8.74. The number of hydrogen-bond acceptors (Lipinski definition) is 4. The van der Waals surface area contributed by atoms with Crippen LogP contribution in [0.5, 0.6) is 0 Å². The minimum Gasteiger partial charge on any atom is -0.444 e. The van der Waals surface area contributed by atoms with E-state index in [4.69, 9.17) is 4.74 Å². The fraction of sp³-hybridized carbons (Fsp3) is 0.579. The minimum atomic E-state index is -1.02. The van der Waals surface area contributed by atoms with Crippen LogP contribution in [0.1, 0.15) is 51.2 Å². The lowest BCUT2D eigenvalue weighted by atomic mass is 9.79. The van der Waals surface area contributed by atoms with E-state index in [0.29, 0.717) is 6.42 Å². The molecule has 2 rings (SSSR count). The summed E-state index contributed by atoms with van der Waals surface area (Å²) >= 11 is 0. The zero-order valence-corrected chi connectivity index (χ0v) is 15.2. The van der Waals surface area contributed by atoms with Gasteiger partial charge >= 0.3 is 6.09 Å². The third-order valence-corrected chi connectivity index (χ3v) is 4.15. The molecule has 1 atom stereocenters. The molecule has 0 unspecified atom stereocenters. The maximum atomic E-state index is 12.0. The molecule has 1 aliphatic rings. The van der Waals surface area contributed by atoms with E-state index in [9.17, 15) is 14.7 Å². The summed E-state index contributed by atoms with van der Waals surface area (Å²) in [6.45, 7) is 5.71. The summed E-state index contributed by atoms with van der Waals surface area (Å²) in [5.41, 5.74) is 0.443. The van der Waals surface area contributed by atoms with Gasteiger partial charge < -0.3 is 20.5 Å². The van der Waals surface area contributed by atoms with E-state index in [1.807, 2.05) is 24.3 Å². The van der Waals surface area contributed by atoms with Crippen LogP contribution >= 0.6 is 0 Å². The molecule has 6 heteroatoms. The molecule has 2 amide bonds. The third-order valence-electron chi connectivity index (χ3n) is 4.15. The molecule has 0 bridgehead atoms. The van der Waals surface area contributed by atoms with Crippen LogP contribution in [0.25, 0.3) is 0 Å². The van der Waals surface area contributed by atoms with Crippen molar-refractivity contribution >= 4 is 12.0 Å². The Hall–Kier alpha value is -2.08. The van der Waals surface area contributed by atoms with Crippen molar-refractivity contribution in [2.24, 2.45) is 0 Å². The molecule has 1 aliphatic carbocycles. The summed E-state index contributed by atoms with van der Waals surface area (Å²) in [7, 11) is 0. The van der Waals surface area contributed by atoms with Gasteiger partial charge in [0.05, 0.1) is 6.54 Å². The predicted octanol–water partition coefficient (Wildman–Crippen LogP) is 2.24. The van der Waals surface area contributed by atoms with Gasteiger partial charge in [0, 0.05) is 13.0 Å². The van der Waals surface area contributed by atoms with Gasteiger partial charge in [0.1, 0.15) is 11.2 Å². The molecular formula is C19H28N2O4. The van der Waals surface area contributed by atoms with Crippen molar-refractivity contribution in [3.63, 3.8) is 0 Å². The van der Waals surface area contributed by atoms with Crippen molar-refractivity contribution in [2.75, 3.05) is 13.1 Å². The molecule has 3 N–H and O–H groups in total. The van der Waals surface area contributed by atoms with Crippen LogP contribution in [-0.2, 0) is 21.6 Å². The number of aliphatic hydroxyl groups is 1. The van der Waals surface area contributed by atoms with Crippen molar-refractivity contribution in [1.82, 2.24) is 10.6 Å². The second-order valence-corrected chi connectivity index (χ2v) is 7.50. The molecule has 6 nitrogen and oxygen atoms in total. The first kappa shape index (κ1) is 19.2. The van der Waals surface area contributed by atoms with Gasteiger partial charge in [0.2, 0.25) is 5.91 Å². The smallest absolute Gasteiger partial charge is 0.407 e. The van der Waals surface area contributed by atoms with Crippen LogP contribution in [-0.4, -0.2) is 35.8 Å². The molecule has 25 heavy (non-hydrogen) atoms. The SMILES string of the molecule is CC(C)(C)OC(=O)NCCC(=O)NC[C@]1(O)CCCc2ccccc21. The van der Waals surface area contributed by atoms with Gasteiger partial charge in [0.15, 0.2) is 0 Å². The maximum Gasteiger partial charge on any atom is 0.407 e. The van der Waals surface area contributed by atoms with Crippen LogP contribution in [0, 0.1) is 0 Å². The molecular weight excluding hydrogens is 320 g/mol.